The van der Waals surface area contributed by atoms with Gasteiger partial charge in [0, 0.05) is 16.0 Å². The van der Waals surface area contributed by atoms with Crippen molar-refractivity contribution in [3.63, 3.8) is 0 Å². The van der Waals surface area contributed by atoms with E-state index in [9.17, 15) is 0 Å². The average Bonchev–Trinajstić information content (AvgIpc) is 2.18. The molecule has 0 amide bonds. The van der Waals surface area contributed by atoms with Crippen LogP contribution in [0.3, 0.4) is 0 Å². The maximum absolute atomic E-state index is 5.93. The van der Waals surface area contributed by atoms with Crippen LogP contribution in [0.4, 0.5) is 0 Å². The largest absolute Gasteiger partial charge is 0.0843 e. The monoisotopic (exact) mass is 223 g/mol. The Labute approximate surface area is 93.8 Å². The van der Waals surface area contributed by atoms with Gasteiger partial charge in [0.05, 0.1) is 0 Å². The smallest absolute Gasteiger partial charge is 0.0423 e. The number of rotatable bonds is 1. The molecule has 1 atom stereocenters. The van der Waals surface area contributed by atoms with Crippen LogP contribution >= 0.6 is 23.2 Å². The Bertz CT molecular complexity index is 371. The van der Waals surface area contributed by atoms with Crippen molar-refractivity contribution < 1.29 is 0 Å². The summed E-state index contributed by atoms with van der Waals surface area (Å²) in [6, 6.07) is 5.66. The first-order valence-corrected chi connectivity index (χ1v) is 5.22. The van der Waals surface area contributed by atoms with Gasteiger partial charge in [0.25, 0.3) is 0 Å². The molecule has 71 valence electrons. The fourth-order valence-electron chi connectivity index (χ4n) is 1.54. The van der Waals surface area contributed by atoms with Gasteiger partial charge in [-0.15, -0.1) is 0 Å². The minimum atomic E-state index is 0.358. The second-order valence-electron chi connectivity index (χ2n) is 3.28. The zero-order valence-corrected chi connectivity index (χ0v) is 9.02. The van der Waals surface area contributed by atoms with Crippen LogP contribution in [-0.4, -0.2) is 0 Å². The summed E-state index contributed by atoms with van der Waals surface area (Å²) in [5.74, 6) is 0.358. The number of allylic oxidation sites excluding steroid dienone is 4. The van der Waals surface area contributed by atoms with Crippen LogP contribution in [0.5, 0.6) is 0 Å². The molecule has 14 heavy (non-hydrogen) atoms. The van der Waals surface area contributed by atoms with Gasteiger partial charge in [-0.3, -0.25) is 0 Å². The van der Waals surface area contributed by atoms with E-state index in [0.29, 0.717) is 16.0 Å². The molecule has 1 aromatic rings. The van der Waals surface area contributed by atoms with E-state index in [2.05, 4.69) is 12.2 Å². The minimum Gasteiger partial charge on any atom is -0.0843 e. The summed E-state index contributed by atoms with van der Waals surface area (Å²) in [6.45, 7) is 0. The highest BCUT2D eigenvalue weighted by Gasteiger charge is 2.09. The van der Waals surface area contributed by atoms with Crippen LogP contribution in [0.1, 0.15) is 17.9 Å². The molecular weight excluding hydrogens is 215 g/mol. The van der Waals surface area contributed by atoms with Crippen molar-refractivity contribution in [3.8, 4) is 0 Å². The van der Waals surface area contributed by atoms with Crippen LogP contribution in [0.25, 0.3) is 0 Å². The third-order valence-electron chi connectivity index (χ3n) is 2.21. The molecule has 0 saturated carbocycles. The standard InChI is InChI=1S/C12H9Cl2/c13-11-6-10(7-12(14)8-11)9-4-2-1-3-5-9/h1-2,5-9H,4H2. The van der Waals surface area contributed by atoms with E-state index in [1.165, 1.54) is 0 Å². The van der Waals surface area contributed by atoms with E-state index in [1.54, 1.807) is 6.07 Å². The quantitative estimate of drug-likeness (QED) is 0.663. The Morgan fingerprint density at radius 1 is 1.14 bits per heavy atom. The number of halogens is 2. The van der Waals surface area contributed by atoms with Crippen LogP contribution in [0.15, 0.2) is 36.4 Å². The van der Waals surface area contributed by atoms with E-state index in [-0.39, 0.29) is 0 Å². The third-order valence-corrected chi connectivity index (χ3v) is 2.65. The first kappa shape index (κ1) is 9.82. The Hall–Kier alpha value is -0.720. The second-order valence-corrected chi connectivity index (χ2v) is 4.15. The van der Waals surface area contributed by atoms with Crippen molar-refractivity contribution >= 4 is 23.2 Å². The lowest BCUT2D eigenvalue weighted by Crippen LogP contribution is -1.96. The van der Waals surface area contributed by atoms with Gasteiger partial charge in [-0.05, 0) is 36.3 Å². The molecule has 1 aliphatic rings. The van der Waals surface area contributed by atoms with Crippen molar-refractivity contribution in [2.45, 2.75) is 12.3 Å². The maximum Gasteiger partial charge on any atom is 0.0423 e. The molecule has 0 N–H and O–H groups in total. The Balaban J connectivity index is 2.32. The fraction of sp³-hybridized carbons (Fsp3) is 0.167. The lowest BCUT2D eigenvalue weighted by atomic mass is 9.93. The number of hydrogen-bond donors (Lipinski definition) is 0. The molecule has 2 rings (SSSR count). The third kappa shape index (κ3) is 2.20. The first-order chi connectivity index (χ1) is 6.75. The van der Waals surface area contributed by atoms with Gasteiger partial charge in [0.1, 0.15) is 0 Å². The van der Waals surface area contributed by atoms with Crippen molar-refractivity contribution in [1.29, 1.82) is 0 Å². The molecule has 0 fully saturated rings. The summed E-state index contributed by atoms with van der Waals surface area (Å²) < 4.78 is 0. The molecular formula is C12H9Cl2. The lowest BCUT2D eigenvalue weighted by Gasteiger charge is -2.13. The second kappa shape index (κ2) is 4.20. The molecule has 0 heterocycles. The van der Waals surface area contributed by atoms with Crippen molar-refractivity contribution in [2.24, 2.45) is 0 Å². The Kier molecular flexibility index (Phi) is 2.95. The molecule has 0 bridgehead atoms. The molecule has 1 radical (unpaired) electrons. The zero-order chi connectivity index (χ0) is 9.97. The molecule has 0 saturated heterocycles. The summed E-state index contributed by atoms with van der Waals surface area (Å²) in [7, 11) is 0. The normalized spacial score (nSPS) is 20.0. The van der Waals surface area contributed by atoms with Gasteiger partial charge in [-0.2, -0.15) is 0 Å². The molecule has 1 aliphatic carbocycles. The summed E-state index contributed by atoms with van der Waals surface area (Å²) in [4.78, 5) is 0. The lowest BCUT2D eigenvalue weighted by molar-refractivity contribution is 0.850. The van der Waals surface area contributed by atoms with Crippen LogP contribution < -0.4 is 0 Å². The van der Waals surface area contributed by atoms with Crippen LogP contribution in [0.2, 0.25) is 10.0 Å². The Morgan fingerprint density at radius 3 is 2.43 bits per heavy atom. The van der Waals surface area contributed by atoms with Crippen molar-refractivity contribution in [3.05, 3.63) is 58.1 Å². The molecule has 1 unspecified atom stereocenters. The highest BCUT2D eigenvalue weighted by atomic mass is 35.5. The molecule has 0 aromatic heterocycles. The van der Waals surface area contributed by atoms with Gasteiger partial charge < -0.3 is 0 Å². The van der Waals surface area contributed by atoms with E-state index in [4.69, 9.17) is 23.2 Å². The molecule has 0 aliphatic heterocycles. The SMILES string of the molecule is Clc1cc(Cl)cc(C2C=[C]C=CC2)c1. The summed E-state index contributed by atoms with van der Waals surface area (Å²) in [6.07, 6.45) is 10.1. The maximum atomic E-state index is 5.93. The fourth-order valence-corrected chi connectivity index (χ4v) is 2.09. The summed E-state index contributed by atoms with van der Waals surface area (Å²) in [5.41, 5.74) is 1.15. The van der Waals surface area contributed by atoms with Gasteiger partial charge in [-0.1, -0.05) is 41.4 Å². The van der Waals surface area contributed by atoms with E-state index >= 15 is 0 Å². The van der Waals surface area contributed by atoms with Gasteiger partial charge in [-0.25, -0.2) is 0 Å². The highest BCUT2D eigenvalue weighted by molar-refractivity contribution is 6.34. The van der Waals surface area contributed by atoms with E-state index in [1.807, 2.05) is 24.3 Å². The topological polar surface area (TPSA) is 0 Å². The first-order valence-electron chi connectivity index (χ1n) is 4.46. The summed E-state index contributed by atoms with van der Waals surface area (Å²) in [5, 5.41) is 1.38. The van der Waals surface area contributed by atoms with Gasteiger partial charge in [0.15, 0.2) is 0 Å². The van der Waals surface area contributed by atoms with E-state index in [0.717, 1.165) is 12.0 Å². The number of hydrogen-bond acceptors (Lipinski definition) is 0. The molecule has 1 aromatic carbocycles. The molecule has 0 nitrogen and oxygen atoms in total. The van der Waals surface area contributed by atoms with Gasteiger partial charge in [0.2, 0.25) is 0 Å². The molecule has 2 heteroatoms. The predicted octanol–water partition coefficient (Wildman–Crippen LogP) is 4.40. The molecule has 0 spiro atoms. The van der Waals surface area contributed by atoms with Gasteiger partial charge >= 0.3 is 0 Å². The highest BCUT2D eigenvalue weighted by Crippen LogP contribution is 2.29. The minimum absolute atomic E-state index is 0.358. The summed E-state index contributed by atoms with van der Waals surface area (Å²) >= 11 is 11.9. The average molecular weight is 224 g/mol. The van der Waals surface area contributed by atoms with Crippen LogP contribution in [0, 0.1) is 6.08 Å². The van der Waals surface area contributed by atoms with Crippen LogP contribution in [-0.2, 0) is 0 Å². The van der Waals surface area contributed by atoms with Crippen molar-refractivity contribution in [1.82, 2.24) is 0 Å². The van der Waals surface area contributed by atoms with E-state index < -0.39 is 0 Å². The Morgan fingerprint density at radius 2 is 1.86 bits per heavy atom. The zero-order valence-electron chi connectivity index (χ0n) is 7.50. The predicted molar refractivity (Wildman–Crippen MR) is 60.8 cm³/mol. The van der Waals surface area contributed by atoms with Crippen molar-refractivity contribution in [2.75, 3.05) is 0 Å². The number of benzene rings is 1.